The number of nitrogens with two attached hydrogens (primary N) is 1. The second-order valence-electron chi connectivity index (χ2n) is 6.51. The molecule has 11 heteroatoms. The van der Waals surface area contributed by atoms with Crippen molar-refractivity contribution in [2.24, 2.45) is 5.14 Å². The van der Waals surface area contributed by atoms with Crippen molar-refractivity contribution >= 4 is 31.8 Å². The third kappa shape index (κ3) is 5.11. The Balaban J connectivity index is 1.75. The largest absolute Gasteiger partial charge is 0.457 e. The summed E-state index contributed by atoms with van der Waals surface area (Å²) >= 11 is 0. The summed E-state index contributed by atoms with van der Waals surface area (Å²) < 4.78 is 51.2. The fourth-order valence-electron chi connectivity index (χ4n) is 2.86. The van der Waals surface area contributed by atoms with Crippen molar-refractivity contribution in [3.8, 4) is 17.4 Å². The van der Waals surface area contributed by atoms with Crippen LogP contribution in [0.3, 0.4) is 0 Å². The molecule has 2 heterocycles. The third-order valence-electron chi connectivity index (χ3n) is 4.31. The van der Waals surface area contributed by atoms with Crippen LogP contribution in [0.4, 0.5) is 0 Å². The molecule has 1 aliphatic rings. The predicted molar refractivity (Wildman–Crippen MR) is 104 cm³/mol. The first-order valence-electron chi connectivity index (χ1n) is 8.43. The summed E-state index contributed by atoms with van der Waals surface area (Å²) in [5.74, 6) is -0.172. The number of hydrogen-bond donors (Lipinski definition) is 2. The van der Waals surface area contributed by atoms with Crippen molar-refractivity contribution in [1.29, 1.82) is 5.26 Å². The zero-order chi connectivity index (χ0) is 21.2. The maximum atomic E-state index is 12.2. The first-order valence-corrected chi connectivity index (χ1v) is 11.8. The van der Waals surface area contributed by atoms with E-state index in [9.17, 15) is 26.9 Å². The van der Waals surface area contributed by atoms with Gasteiger partial charge in [0.25, 0.3) is 5.91 Å². The van der Waals surface area contributed by atoms with Gasteiger partial charge in [0.05, 0.1) is 16.4 Å². The Labute approximate surface area is 167 Å². The maximum Gasteiger partial charge on any atom is 0.262 e. The van der Waals surface area contributed by atoms with Crippen LogP contribution in [0.15, 0.2) is 51.3 Å². The van der Waals surface area contributed by atoms with Crippen LogP contribution < -0.4 is 10.5 Å². The summed E-state index contributed by atoms with van der Waals surface area (Å²) in [7, 11) is -6.95. The van der Waals surface area contributed by atoms with Crippen LogP contribution in [0.25, 0.3) is 17.4 Å². The Morgan fingerprint density at radius 2 is 1.93 bits per heavy atom. The standard InChI is InChI=1S/C18H17N3O6S2/c19-10-13(18(22)21-14-7-8-28(23,24)11-14)9-15-3-6-17(27-15)12-1-4-16(5-2-12)29(20,25)26/h1-6,9,14H,7-8,11H2,(H,21,22)(H2,20,25,26)/b13-9+/t14-/m0/s1. The number of sulfonamides is 1. The van der Waals surface area contributed by atoms with Gasteiger partial charge in [-0.05, 0) is 42.8 Å². The van der Waals surface area contributed by atoms with E-state index in [1.807, 2.05) is 0 Å². The Morgan fingerprint density at radius 1 is 1.24 bits per heavy atom. The van der Waals surface area contributed by atoms with E-state index in [0.717, 1.165) is 0 Å². The van der Waals surface area contributed by atoms with Crippen LogP contribution in [0, 0.1) is 11.3 Å². The molecule has 1 atom stereocenters. The SMILES string of the molecule is N#C/C(=C\c1ccc(-c2ccc(S(N)(=O)=O)cc2)o1)C(=O)N[C@H]1CCS(=O)(=O)C1. The molecule has 1 fully saturated rings. The van der Waals surface area contributed by atoms with Gasteiger partial charge in [-0.25, -0.2) is 22.0 Å². The number of carbonyl (C=O) groups is 1. The monoisotopic (exact) mass is 435 g/mol. The van der Waals surface area contributed by atoms with Gasteiger partial charge in [0.1, 0.15) is 23.2 Å². The molecular weight excluding hydrogens is 418 g/mol. The topological polar surface area (TPSA) is 160 Å². The average molecular weight is 435 g/mol. The zero-order valence-corrected chi connectivity index (χ0v) is 16.7. The minimum Gasteiger partial charge on any atom is -0.457 e. The minimum atomic E-state index is -3.80. The molecule has 1 aromatic heterocycles. The van der Waals surface area contributed by atoms with Crippen LogP contribution in [-0.2, 0) is 24.7 Å². The van der Waals surface area contributed by atoms with Crippen LogP contribution in [-0.4, -0.2) is 40.3 Å². The summed E-state index contributed by atoms with van der Waals surface area (Å²) in [5, 5.41) is 16.9. The second-order valence-corrected chi connectivity index (χ2v) is 10.3. The van der Waals surface area contributed by atoms with Crippen molar-refractivity contribution in [2.75, 3.05) is 11.5 Å². The van der Waals surface area contributed by atoms with Crippen LogP contribution in [0.1, 0.15) is 12.2 Å². The Morgan fingerprint density at radius 3 is 2.48 bits per heavy atom. The number of amides is 1. The molecule has 0 aliphatic carbocycles. The fourth-order valence-corrected chi connectivity index (χ4v) is 5.05. The van der Waals surface area contributed by atoms with Crippen molar-refractivity contribution in [1.82, 2.24) is 5.32 Å². The number of nitrogens with one attached hydrogen (secondary N) is 1. The van der Waals surface area contributed by atoms with Crippen molar-refractivity contribution < 1.29 is 26.0 Å². The molecule has 29 heavy (non-hydrogen) atoms. The van der Waals surface area contributed by atoms with E-state index in [4.69, 9.17) is 9.56 Å². The third-order valence-corrected chi connectivity index (χ3v) is 7.01. The molecule has 0 bridgehead atoms. The normalized spacial score (nSPS) is 18.9. The lowest BCUT2D eigenvalue weighted by Gasteiger charge is -2.09. The summed E-state index contributed by atoms with van der Waals surface area (Å²) in [6, 6.07) is 10.1. The number of nitriles is 1. The molecule has 3 rings (SSSR count). The molecular formula is C18H17N3O6S2. The number of carbonyl (C=O) groups excluding carboxylic acids is 1. The average Bonchev–Trinajstić information content (AvgIpc) is 3.25. The van der Waals surface area contributed by atoms with Gasteiger partial charge in [-0.15, -0.1) is 0 Å². The summed E-state index contributed by atoms with van der Waals surface area (Å²) in [4.78, 5) is 12.2. The van der Waals surface area contributed by atoms with E-state index in [2.05, 4.69) is 5.32 Å². The Kier molecular flexibility index (Phi) is 5.61. The molecule has 1 aromatic carbocycles. The van der Waals surface area contributed by atoms with Gasteiger partial charge in [-0.2, -0.15) is 5.26 Å². The molecule has 1 amide bonds. The van der Waals surface area contributed by atoms with Crippen molar-refractivity contribution in [3.05, 3.63) is 47.7 Å². The van der Waals surface area contributed by atoms with E-state index in [1.54, 1.807) is 18.2 Å². The molecule has 3 N–H and O–H groups in total. The molecule has 1 saturated heterocycles. The molecule has 9 nitrogen and oxygen atoms in total. The number of nitrogens with zero attached hydrogens (tertiary/aromatic N) is 1. The lowest BCUT2D eigenvalue weighted by atomic mass is 10.2. The van der Waals surface area contributed by atoms with Crippen LogP contribution in [0.2, 0.25) is 0 Å². The van der Waals surface area contributed by atoms with Gasteiger partial charge in [-0.1, -0.05) is 0 Å². The molecule has 0 radical (unpaired) electrons. The number of hydrogen-bond acceptors (Lipinski definition) is 7. The zero-order valence-electron chi connectivity index (χ0n) is 15.0. The lowest BCUT2D eigenvalue weighted by molar-refractivity contribution is -0.117. The van der Waals surface area contributed by atoms with Gasteiger partial charge in [0.2, 0.25) is 10.0 Å². The van der Waals surface area contributed by atoms with Gasteiger partial charge < -0.3 is 9.73 Å². The number of sulfone groups is 1. The van der Waals surface area contributed by atoms with Gasteiger partial charge in [-0.3, -0.25) is 4.79 Å². The van der Waals surface area contributed by atoms with Crippen LogP contribution >= 0.6 is 0 Å². The number of rotatable bonds is 5. The highest BCUT2D eigenvalue weighted by atomic mass is 32.2. The van der Waals surface area contributed by atoms with E-state index >= 15 is 0 Å². The summed E-state index contributed by atoms with van der Waals surface area (Å²) in [6.07, 6.45) is 1.56. The molecule has 2 aromatic rings. The van der Waals surface area contributed by atoms with Gasteiger partial charge in [0.15, 0.2) is 9.84 Å². The highest BCUT2D eigenvalue weighted by molar-refractivity contribution is 7.91. The van der Waals surface area contributed by atoms with Crippen molar-refractivity contribution in [2.45, 2.75) is 17.4 Å². The summed E-state index contributed by atoms with van der Waals surface area (Å²) in [6.45, 7) is 0. The smallest absolute Gasteiger partial charge is 0.262 e. The van der Waals surface area contributed by atoms with Crippen molar-refractivity contribution in [3.63, 3.8) is 0 Å². The minimum absolute atomic E-state index is 0.00926. The second kappa shape index (κ2) is 7.82. The highest BCUT2D eigenvalue weighted by Gasteiger charge is 2.29. The number of furan rings is 1. The van der Waals surface area contributed by atoms with Gasteiger partial charge >= 0.3 is 0 Å². The van der Waals surface area contributed by atoms with E-state index < -0.39 is 31.8 Å². The Bertz CT molecular complexity index is 1220. The quantitative estimate of drug-likeness (QED) is 0.519. The summed E-state index contributed by atoms with van der Waals surface area (Å²) in [5.41, 5.74) is 0.357. The molecule has 0 saturated carbocycles. The number of primary sulfonamides is 1. The fraction of sp³-hybridized carbons (Fsp3) is 0.222. The highest BCUT2D eigenvalue weighted by Crippen LogP contribution is 2.24. The van der Waals surface area contributed by atoms with E-state index in [-0.39, 0.29) is 27.7 Å². The first-order chi connectivity index (χ1) is 13.6. The first kappa shape index (κ1) is 20.8. The molecule has 0 spiro atoms. The van der Waals surface area contributed by atoms with Crippen LogP contribution in [0.5, 0.6) is 0 Å². The molecule has 152 valence electrons. The van der Waals surface area contributed by atoms with Gasteiger partial charge in [0, 0.05) is 17.7 Å². The molecule has 0 unspecified atom stereocenters. The maximum absolute atomic E-state index is 12.2. The lowest BCUT2D eigenvalue weighted by Crippen LogP contribution is -2.36. The predicted octanol–water partition coefficient (Wildman–Crippen LogP) is 0.804. The molecule has 1 aliphatic heterocycles. The van der Waals surface area contributed by atoms with E-state index in [1.165, 1.54) is 30.3 Å². The Hall–Kier alpha value is -2.94. The number of benzene rings is 1. The van der Waals surface area contributed by atoms with E-state index in [0.29, 0.717) is 17.7 Å².